The van der Waals surface area contributed by atoms with E-state index in [9.17, 15) is 9.18 Å². The van der Waals surface area contributed by atoms with E-state index in [0.29, 0.717) is 16.5 Å². The molecule has 0 bridgehead atoms. The first kappa shape index (κ1) is 13.0. The van der Waals surface area contributed by atoms with Crippen LogP contribution < -0.4 is 11.0 Å². The number of halogens is 1. The van der Waals surface area contributed by atoms with Gasteiger partial charge in [-0.2, -0.15) is 5.10 Å². The second-order valence-electron chi connectivity index (χ2n) is 4.32. The van der Waals surface area contributed by atoms with Gasteiger partial charge in [-0.3, -0.25) is 9.78 Å². The molecule has 0 atom stereocenters. The number of aromatic nitrogens is 2. The second-order valence-corrected chi connectivity index (χ2v) is 4.32. The van der Waals surface area contributed by atoms with Gasteiger partial charge in [-0.1, -0.05) is 30.3 Å². The quantitative estimate of drug-likeness (QED) is 0.573. The zero-order chi connectivity index (χ0) is 14.7. The lowest BCUT2D eigenvalue weighted by molar-refractivity contribution is 0.626. The van der Waals surface area contributed by atoms with E-state index < -0.39 is 0 Å². The van der Waals surface area contributed by atoms with E-state index in [1.165, 1.54) is 12.3 Å². The summed E-state index contributed by atoms with van der Waals surface area (Å²) in [6, 6.07) is 13.2. The van der Waals surface area contributed by atoms with E-state index in [1.807, 2.05) is 0 Å². The van der Waals surface area contributed by atoms with Crippen LogP contribution in [0.3, 0.4) is 0 Å². The third kappa shape index (κ3) is 2.79. The molecule has 0 aliphatic carbocycles. The van der Waals surface area contributed by atoms with Crippen LogP contribution in [0.2, 0.25) is 0 Å². The molecule has 0 fully saturated rings. The Bertz CT molecular complexity index is 873. The summed E-state index contributed by atoms with van der Waals surface area (Å²) in [5.74, 6) is -0.172. The maximum absolute atomic E-state index is 13.4. The van der Waals surface area contributed by atoms with Crippen molar-refractivity contribution in [3.63, 3.8) is 0 Å². The van der Waals surface area contributed by atoms with Gasteiger partial charge in [-0.25, -0.2) is 14.8 Å². The van der Waals surface area contributed by atoms with Gasteiger partial charge in [0.2, 0.25) is 5.95 Å². The molecular weight excluding hydrogens is 271 g/mol. The molecule has 0 aliphatic rings. The lowest BCUT2D eigenvalue weighted by atomic mass is 10.2. The molecule has 3 aromatic rings. The van der Waals surface area contributed by atoms with Gasteiger partial charge in [0.05, 0.1) is 17.1 Å². The van der Waals surface area contributed by atoms with Crippen molar-refractivity contribution >= 4 is 23.1 Å². The molecule has 0 saturated carbocycles. The van der Waals surface area contributed by atoms with Crippen molar-refractivity contribution < 1.29 is 4.39 Å². The fourth-order valence-electron chi connectivity index (χ4n) is 1.88. The summed E-state index contributed by atoms with van der Waals surface area (Å²) in [6.07, 6.45) is 1.32. The molecule has 2 aromatic carbocycles. The minimum absolute atomic E-state index is 0.200. The summed E-state index contributed by atoms with van der Waals surface area (Å²) in [6.45, 7) is 0. The normalized spacial score (nSPS) is 11.1. The van der Waals surface area contributed by atoms with Gasteiger partial charge in [0.25, 0.3) is 5.56 Å². The predicted molar refractivity (Wildman–Crippen MR) is 80.0 cm³/mol. The zero-order valence-electron chi connectivity index (χ0n) is 10.9. The molecule has 1 heterocycles. The highest BCUT2D eigenvalue weighted by molar-refractivity contribution is 5.81. The topological polar surface area (TPSA) is 70.1 Å². The van der Waals surface area contributed by atoms with Gasteiger partial charge >= 0.3 is 0 Å². The predicted octanol–water partition coefficient (Wildman–Crippen LogP) is 2.51. The molecule has 0 spiro atoms. The van der Waals surface area contributed by atoms with E-state index >= 15 is 0 Å². The van der Waals surface area contributed by atoms with Crippen LogP contribution in [-0.2, 0) is 0 Å². The molecule has 0 saturated heterocycles. The zero-order valence-corrected chi connectivity index (χ0v) is 10.9. The SMILES string of the molecule is O=c1[nH]c(N/N=C\c2ccccc2F)nc2ccccc12. The summed E-state index contributed by atoms with van der Waals surface area (Å²) < 4.78 is 13.4. The number of aromatic amines is 1. The number of nitrogens with one attached hydrogen (secondary N) is 2. The minimum Gasteiger partial charge on any atom is -0.291 e. The molecule has 0 radical (unpaired) electrons. The largest absolute Gasteiger partial charge is 0.291 e. The lowest BCUT2D eigenvalue weighted by Gasteiger charge is -2.01. The van der Waals surface area contributed by atoms with E-state index in [4.69, 9.17) is 0 Å². The highest BCUT2D eigenvalue weighted by atomic mass is 19.1. The van der Waals surface area contributed by atoms with Gasteiger partial charge in [-0.05, 0) is 18.2 Å². The molecule has 0 aliphatic heterocycles. The summed E-state index contributed by atoms with van der Waals surface area (Å²) in [4.78, 5) is 18.6. The van der Waals surface area contributed by atoms with Gasteiger partial charge in [0.15, 0.2) is 0 Å². The average molecular weight is 282 g/mol. The first-order chi connectivity index (χ1) is 10.2. The highest BCUT2D eigenvalue weighted by Crippen LogP contribution is 2.08. The number of rotatable bonds is 3. The molecular formula is C15H11FN4O. The Labute approximate surface area is 119 Å². The number of fused-ring (bicyclic) bond motifs is 1. The van der Waals surface area contributed by atoms with Gasteiger partial charge in [0.1, 0.15) is 5.82 Å². The molecule has 104 valence electrons. The number of H-pyrrole nitrogens is 1. The van der Waals surface area contributed by atoms with Gasteiger partial charge < -0.3 is 0 Å². The number of hydrogen-bond donors (Lipinski definition) is 2. The second kappa shape index (κ2) is 5.54. The Morgan fingerprint density at radius 3 is 2.76 bits per heavy atom. The van der Waals surface area contributed by atoms with Crippen LogP contribution in [0, 0.1) is 5.82 Å². The number of hydrazone groups is 1. The Morgan fingerprint density at radius 1 is 1.14 bits per heavy atom. The fourth-order valence-corrected chi connectivity index (χ4v) is 1.88. The lowest BCUT2D eigenvalue weighted by Crippen LogP contribution is -2.11. The number of nitrogens with zero attached hydrogens (tertiary/aromatic N) is 2. The van der Waals surface area contributed by atoms with Crippen molar-refractivity contribution in [3.05, 3.63) is 70.3 Å². The van der Waals surface area contributed by atoms with E-state index in [-0.39, 0.29) is 17.3 Å². The first-order valence-electron chi connectivity index (χ1n) is 6.27. The summed E-state index contributed by atoms with van der Waals surface area (Å²) >= 11 is 0. The molecule has 1 aromatic heterocycles. The van der Waals surface area contributed by atoms with Crippen molar-refractivity contribution in [1.82, 2.24) is 9.97 Å². The summed E-state index contributed by atoms with van der Waals surface area (Å²) in [5.41, 5.74) is 3.23. The van der Waals surface area contributed by atoms with Crippen LogP contribution in [0.15, 0.2) is 58.4 Å². The number of anilines is 1. The molecule has 6 heteroatoms. The van der Waals surface area contributed by atoms with Crippen molar-refractivity contribution in [2.45, 2.75) is 0 Å². The minimum atomic E-state index is -0.372. The number of para-hydroxylation sites is 1. The summed E-state index contributed by atoms with van der Waals surface area (Å²) in [7, 11) is 0. The maximum atomic E-state index is 13.4. The monoisotopic (exact) mass is 282 g/mol. The van der Waals surface area contributed by atoms with E-state index in [2.05, 4.69) is 20.5 Å². The van der Waals surface area contributed by atoms with E-state index in [1.54, 1.807) is 42.5 Å². The van der Waals surface area contributed by atoms with Crippen LogP contribution in [0.5, 0.6) is 0 Å². The van der Waals surface area contributed by atoms with Crippen molar-refractivity contribution in [1.29, 1.82) is 0 Å². The van der Waals surface area contributed by atoms with Crippen LogP contribution in [-0.4, -0.2) is 16.2 Å². The molecule has 3 rings (SSSR count). The van der Waals surface area contributed by atoms with Crippen LogP contribution in [0.4, 0.5) is 10.3 Å². The summed E-state index contributed by atoms with van der Waals surface area (Å²) in [5, 5.41) is 4.37. The number of benzene rings is 2. The smallest absolute Gasteiger partial charge is 0.260 e. The Morgan fingerprint density at radius 2 is 1.90 bits per heavy atom. The fraction of sp³-hybridized carbons (Fsp3) is 0. The number of hydrogen-bond acceptors (Lipinski definition) is 4. The van der Waals surface area contributed by atoms with E-state index in [0.717, 1.165) is 0 Å². The third-order valence-electron chi connectivity index (χ3n) is 2.89. The highest BCUT2D eigenvalue weighted by Gasteiger charge is 2.02. The van der Waals surface area contributed by atoms with Crippen LogP contribution >= 0.6 is 0 Å². The first-order valence-corrected chi connectivity index (χ1v) is 6.27. The van der Waals surface area contributed by atoms with Crippen molar-refractivity contribution in [3.8, 4) is 0 Å². The standard InChI is InChI=1S/C15H11FN4O/c16-12-7-3-1-5-10(12)9-17-20-15-18-13-8-4-2-6-11(13)14(21)19-15/h1-9H,(H2,18,19,20,21)/b17-9-. The van der Waals surface area contributed by atoms with Crippen molar-refractivity contribution in [2.24, 2.45) is 5.10 Å². The van der Waals surface area contributed by atoms with Gasteiger partial charge in [0, 0.05) is 5.56 Å². The molecule has 2 N–H and O–H groups in total. The molecule has 21 heavy (non-hydrogen) atoms. The Hall–Kier alpha value is -3.02. The molecule has 0 unspecified atom stereocenters. The van der Waals surface area contributed by atoms with Crippen LogP contribution in [0.1, 0.15) is 5.56 Å². The Kier molecular flexibility index (Phi) is 3.42. The van der Waals surface area contributed by atoms with Crippen LogP contribution in [0.25, 0.3) is 10.9 Å². The molecule has 0 amide bonds. The van der Waals surface area contributed by atoms with Crippen molar-refractivity contribution in [2.75, 3.05) is 5.43 Å². The Balaban J connectivity index is 1.86. The third-order valence-corrected chi connectivity index (χ3v) is 2.89. The van der Waals surface area contributed by atoms with Gasteiger partial charge in [-0.15, -0.1) is 0 Å². The average Bonchev–Trinajstić information content (AvgIpc) is 2.49. The maximum Gasteiger partial charge on any atom is 0.260 e. The molecule has 5 nitrogen and oxygen atoms in total.